The van der Waals surface area contributed by atoms with E-state index in [-0.39, 0.29) is 10.9 Å². The minimum absolute atomic E-state index is 0.330. The van der Waals surface area contributed by atoms with Gasteiger partial charge in [0.15, 0.2) is 0 Å². The van der Waals surface area contributed by atoms with Crippen LogP contribution in [0, 0.1) is 6.92 Å². The molecule has 0 saturated carbocycles. The molecule has 0 bridgehead atoms. The van der Waals surface area contributed by atoms with Gasteiger partial charge in [-0.15, -0.1) is 0 Å². The van der Waals surface area contributed by atoms with Crippen molar-refractivity contribution in [2.45, 2.75) is 20.3 Å². The van der Waals surface area contributed by atoms with Crippen molar-refractivity contribution in [2.75, 3.05) is 38.6 Å². The van der Waals surface area contributed by atoms with Crippen LogP contribution in [-0.4, -0.2) is 38.6 Å². The lowest BCUT2D eigenvalue weighted by Gasteiger charge is -2.24. The number of rotatable bonds is 6. The highest BCUT2D eigenvalue weighted by Gasteiger charge is 2.19. The maximum Gasteiger partial charge on any atom is 0.249 e. The zero-order chi connectivity index (χ0) is 12.3. The van der Waals surface area contributed by atoms with Gasteiger partial charge in [0.2, 0.25) is 10.9 Å². The number of hydrogen-bond acceptors (Lipinski definition) is 4. The van der Waals surface area contributed by atoms with Gasteiger partial charge in [-0.25, -0.2) is 0 Å². The molecule has 0 aromatic heterocycles. The molecule has 4 nitrogen and oxygen atoms in total. The fourth-order valence-corrected chi connectivity index (χ4v) is 1.88. The number of nitrogens with zero attached hydrogens (tertiary/aromatic N) is 2. The smallest absolute Gasteiger partial charge is 0.249 e. The lowest BCUT2D eigenvalue weighted by molar-refractivity contribution is 0.342. The maximum absolute atomic E-state index is 11.3. The molecule has 0 aliphatic carbocycles. The Labute approximate surface area is 96.2 Å². The lowest BCUT2D eigenvalue weighted by atomic mass is 10.1. The first-order chi connectivity index (χ1) is 7.49. The van der Waals surface area contributed by atoms with Crippen molar-refractivity contribution in [2.24, 2.45) is 0 Å². The van der Waals surface area contributed by atoms with Crippen molar-refractivity contribution in [3.63, 3.8) is 0 Å². The summed E-state index contributed by atoms with van der Waals surface area (Å²) in [6.45, 7) is 6.59. The van der Waals surface area contributed by atoms with Gasteiger partial charge in [0.05, 0.1) is 5.69 Å². The summed E-state index contributed by atoms with van der Waals surface area (Å²) in [5, 5.41) is 0. The largest absolute Gasteiger partial charge is 0.370 e. The second kappa shape index (κ2) is 5.25. The highest BCUT2D eigenvalue weighted by molar-refractivity contribution is 5.57. The molecule has 0 saturated heterocycles. The van der Waals surface area contributed by atoms with Gasteiger partial charge in [-0.1, -0.05) is 6.92 Å². The van der Waals surface area contributed by atoms with Crippen molar-refractivity contribution in [3.8, 4) is 0 Å². The summed E-state index contributed by atoms with van der Waals surface area (Å²) >= 11 is 0. The topological polar surface area (TPSA) is 40.6 Å². The van der Waals surface area contributed by atoms with Gasteiger partial charge in [-0.3, -0.25) is 9.59 Å². The Balaban J connectivity index is 2.51. The molecule has 1 aromatic carbocycles. The molecule has 0 fully saturated rings. The molecular weight excluding hydrogens is 204 g/mol. The van der Waals surface area contributed by atoms with Crippen LogP contribution in [0.4, 0.5) is 5.69 Å². The highest BCUT2D eigenvalue weighted by Crippen LogP contribution is 2.10. The molecule has 1 rings (SSSR count). The second-order valence-corrected chi connectivity index (χ2v) is 4.36. The first-order valence-electron chi connectivity index (χ1n) is 5.68. The predicted octanol–water partition coefficient (Wildman–Crippen LogP) is 0.369. The van der Waals surface area contributed by atoms with Crippen molar-refractivity contribution >= 4 is 5.69 Å². The summed E-state index contributed by atoms with van der Waals surface area (Å²) in [4.78, 5) is 26.5. The average molecular weight is 224 g/mol. The minimum atomic E-state index is -0.335. The molecule has 1 aromatic rings. The van der Waals surface area contributed by atoms with Crippen LogP contribution >= 0.6 is 0 Å². The molecular formula is C12H20N2O2. The normalized spacial score (nSPS) is 11.3. The molecule has 0 amide bonds. The van der Waals surface area contributed by atoms with Crippen LogP contribution < -0.4 is 15.8 Å². The van der Waals surface area contributed by atoms with Crippen molar-refractivity contribution in [1.82, 2.24) is 4.90 Å². The Hall–Kier alpha value is -1.16. The van der Waals surface area contributed by atoms with Gasteiger partial charge in [0.25, 0.3) is 0 Å². The summed E-state index contributed by atoms with van der Waals surface area (Å²) < 4.78 is 0. The van der Waals surface area contributed by atoms with Crippen molar-refractivity contribution in [3.05, 3.63) is 26.0 Å². The lowest BCUT2D eigenvalue weighted by Crippen LogP contribution is -2.43. The zero-order valence-electron chi connectivity index (χ0n) is 10.5. The van der Waals surface area contributed by atoms with Crippen LogP contribution in [0.2, 0.25) is 0 Å². The number of likely N-dealkylation sites (N-methyl/N-ethyl adjacent to an activating group) is 2. The monoisotopic (exact) mass is 224 g/mol. The van der Waals surface area contributed by atoms with E-state index in [2.05, 4.69) is 18.9 Å². The van der Waals surface area contributed by atoms with E-state index in [9.17, 15) is 9.59 Å². The SMILES string of the molecule is CCCN(C)CCN(C)c1c(C)c(=O)c1=O. The van der Waals surface area contributed by atoms with E-state index < -0.39 is 0 Å². The summed E-state index contributed by atoms with van der Waals surface area (Å²) in [5.41, 5.74) is 0.530. The molecule has 0 unspecified atom stereocenters. The third kappa shape index (κ3) is 2.50. The standard InChI is InChI=1S/C12H20N2O2/c1-5-6-13(3)7-8-14(4)10-9(2)11(15)12(10)16/h5-8H2,1-4H3. The van der Waals surface area contributed by atoms with Gasteiger partial charge >= 0.3 is 0 Å². The summed E-state index contributed by atoms with van der Waals surface area (Å²) in [6, 6.07) is 0. The van der Waals surface area contributed by atoms with Crippen LogP contribution in [0.5, 0.6) is 0 Å². The van der Waals surface area contributed by atoms with Crippen LogP contribution in [0.15, 0.2) is 9.59 Å². The van der Waals surface area contributed by atoms with Gasteiger partial charge in [-0.2, -0.15) is 0 Å². The molecule has 0 heterocycles. The first-order valence-corrected chi connectivity index (χ1v) is 5.68. The zero-order valence-corrected chi connectivity index (χ0v) is 10.5. The van der Waals surface area contributed by atoms with Crippen LogP contribution in [0.3, 0.4) is 0 Å². The van der Waals surface area contributed by atoms with E-state index in [4.69, 9.17) is 0 Å². The fraction of sp³-hybridized carbons (Fsp3) is 0.667. The molecule has 0 N–H and O–H groups in total. The third-order valence-corrected chi connectivity index (χ3v) is 2.92. The molecule has 0 atom stereocenters. The Morgan fingerprint density at radius 3 is 2.12 bits per heavy atom. The van der Waals surface area contributed by atoms with Crippen LogP contribution in [0.25, 0.3) is 0 Å². The summed E-state index contributed by atoms with van der Waals surface area (Å²) in [5.74, 6) is 0. The molecule has 0 aliphatic heterocycles. The molecule has 4 heteroatoms. The molecule has 0 radical (unpaired) electrons. The van der Waals surface area contributed by atoms with Gasteiger partial charge in [0, 0.05) is 25.7 Å². The van der Waals surface area contributed by atoms with E-state index in [1.54, 1.807) is 6.92 Å². The Bertz CT molecular complexity index is 419. The number of hydrogen-bond donors (Lipinski definition) is 0. The Morgan fingerprint density at radius 2 is 1.62 bits per heavy atom. The van der Waals surface area contributed by atoms with E-state index in [0.29, 0.717) is 11.3 Å². The second-order valence-electron chi connectivity index (χ2n) is 4.36. The summed E-state index contributed by atoms with van der Waals surface area (Å²) in [6.07, 6.45) is 1.12. The Kier molecular flexibility index (Phi) is 4.24. The third-order valence-electron chi connectivity index (χ3n) is 2.92. The minimum Gasteiger partial charge on any atom is -0.370 e. The van der Waals surface area contributed by atoms with E-state index in [0.717, 1.165) is 26.1 Å². The van der Waals surface area contributed by atoms with Crippen molar-refractivity contribution in [1.29, 1.82) is 0 Å². The number of anilines is 1. The van der Waals surface area contributed by atoms with E-state index in [1.807, 2.05) is 11.9 Å². The highest BCUT2D eigenvalue weighted by atomic mass is 16.2. The van der Waals surface area contributed by atoms with E-state index >= 15 is 0 Å². The van der Waals surface area contributed by atoms with Gasteiger partial charge in [-0.05, 0) is 26.9 Å². The maximum atomic E-state index is 11.3. The first kappa shape index (κ1) is 12.9. The van der Waals surface area contributed by atoms with Crippen LogP contribution in [0.1, 0.15) is 18.9 Å². The van der Waals surface area contributed by atoms with Crippen molar-refractivity contribution < 1.29 is 0 Å². The fourth-order valence-electron chi connectivity index (χ4n) is 1.88. The average Bonchev–Trinajstić information content (AvgIpc) is 2.26. The quantitative estimate of drug-likeness (QED) is 0.655. The van der Waals surface area contributed by atoms with E-state index in [1.165, 1.54) is 0 Å². The predicted molar refractivity (Wildman–Crippen MR) is 67.1 cm³/mol. The molecule has 0 spiro atoms. The summed E-state index contributed by atoms with van der Waals surface area (Å²) in [7, 11) is 3.93. The van der Waals surface area contributed by atoms with Gasteiger partial charge < -0.3 is 9.80 Å². The molecule has 0 aliphatic rings. The van der Waals surface area contributed by atoms with Crippen LogP contribution in [-0.2, 0) is 0 Å². The molecule has 90 valence electrons. The Morgan fingerprint density at radius 1 is 1.00 bits per heavy atom. The van der Waals surface area contributed by atoms with Gasteiger partial charge in [0.1, 0.15) is 0 Å². The molecule has 16 heavy (non-hydrogen) atoms.